The maximum Gasteiger partial charge on any atom is 0.265 e. The van der Waals surface area contributed by atoms with Crippen LogP contribution in [0.3, 0.4) is 0 Å². The summed E-state index contributed by atoms with van der Waals surface area (Å²) < 4.78 is 0. The van der Waals surface area contributed by atoms with E-state index in [4.69, 9.17) is 0 Å². The van der Waals surface area contributed by atoms with Crippen molar-refractivity contribution in [3.8, 4) is 0 Å². The molecule has 2 aromatic rings. The zero-order valence-corrected chi connectivity index (χ0v) is 12.5. The topological polar surface area (TPSA) is 61.9 Å². The Hall–Kier alpha value is -1.69. The first-order valence-electron chi connectivity index (χ1n) is 6.87. The van der Waals surface area contributed by atoms with E-state index in [1.165, 1.54) is 11.3 Å². The van der Waals surface area contributed by atoms with Gasteiger partial charge in [0.1, 0.15) is 4.88 Å². The van der Waals surface area contributed by atoms with Gasteiger partial charge in [-0.1, -0.05) is 0 Å². The Bertz CT molecular complexity index is 605. The van der Waals surface area contributed by atoms with Gasteiger partial charge in [0.15, 0.2) is 0 Å². The Morgan fingerprint density at radius 2 is 2.35 bits per heavy atom. The second-order valence-electron chi connectivity index (χ2n) is 5.25. The number of likely N-dealkylation sites (tertiary alicyclic amines) is 1. The molecule has 0 bridgehead atoms. The van der Waals surface area contributed by atoms with Gasteiger partial charge in [-0.05, 0) is 32.8 Å². The summed E-state index contributed by atoms with van der Waals surface area (Å²) in [6.07, 6.45) is 3.91. The minimum Gasteiger partial charge on any atom is -0.337 e. The van der Waals surface area contributed by atoms with Crippen molar-refractivity contribution in [2.45, 2.75) is 32.6 Å². The van der Waals surface area contributed by atoms with Crippen molar-refractivity contribution in [1.29, 1.82) is 0 Å². The van der Waals surface area contributed by atoms with Crippen LogP contribution in [0.4, 0.5) is 0 Å². The van der Waals surface area contributed by atoms with E-state index in [1.54, 1.807) is 6.20 Å². The van der Waals surface area contributed by atoms with Gasteiger partial charge in [-0.15, -0.1) is 11.3 Å². The van der Waals surface area contributed by atoms with Crippen molar-refractivity contribution in [3.63, 3.8) is 0 Å². The molecule has 0 radical (unpaired) electrons. The first-order valence-corrected chi connectivity index (χ1v) is 7.69. The molecular formula is C14H18N4OS. The molecule has 6 heteroatoms. The Balaban J connectivity index is 1.77. The molecule has 106 valence electrons. The number of thiazole rings is 1. The summed E-state index contributed by atoms with van der Waals surface area (Å²) in [7, 11) is 0. The summed E-state index contributed by atoms with van der Waals surface area (Å²) in [5.41, 5.74) is 1.97. The second-order valence-corrected chi connectivity index (χ2v) is 6.45. The van der Waals surface area contributed by atoms with Gasteiger partial charge in [0, 0.05) is 30.9 Å². The van der Waals surface area contributed by atoms with Gasteiger partial charge in [0.2, 0.25) is 0 Å². The van der Waals surface area contributed by atoms with E-state index in [1.807, 2.05) is 24.8 Å². The molecule has 0 spiro atoms. The highest BCUT2D eigenvalue weighted by molar-refractivity contribution is 7.13. The van der Waals surface area contributed by atoms with Crippen molar-refractivity contribution in [1.82, 2.24) is 20.1 Å². The van der Waals surface area contributed by atoms with Crippen molar-refractivity contribution >= 4 is 17.2 Å². The molecule has 0 aliphatic carbocycles. The number of aromatic nitrogens is 3. The molecule has 5 nitrogen and oxygen atoms in total. The number of carbonyl (C=O) groups excluding carboxylic acids is 1. The maximum atomic E-state index is 12.6. The fourth-order valence-corrected chi connectivity index (χ4v) is 3.67. The van der Waals surface area contributed by atoms with Gasteiger partial charge < -0.3 is 4.90 Å². The van der Waals surface area contributed by atoms with Gasteiger partial charge >= 0.3 is 0 Å². The summed E-state index contributed by atoms with van der Waals surface area (Å²) in [5.74, 6) is 0.488. The Morgan fingerprint density at radius 3 is 3.00 bits per heavy atom. The van der Waals surface area contributed by atoms with Crippen LogP contribution < -0.4 is 0 Å². The molecule has 0 aromatic carbocycles. The number of rotatable bonds is 2. The molecular weight excluding hydrogens is 272 g/mol. The molecule has 3 heterocycles. The van der Waals surface area contributed by atoms with E-state index in [0.717, 1.165) is 47.2 Å². The second kappa shape index (κ2) is 5.36. The normalized spacial score (nSPS) is 19.3. The van der Waals surface area contributed by atoms with E-state index in [9.17, 15) is 4.79 Å². The zero-order chi connectivity index (χ0) is 14.1. The highest BCUT2D eigenvalue weighted by Crippen LogP contribution is 2.28. The lowest BCUT2D eigenvalue weighted by Crippen LogP contribution is -2.39. The Kier molecular flexibility index (Phi) is 3.56. The minimum atomic E-state index is 0.123. The number of carbonyl (C=O) groups is 1. The summed E-state index contributed by atoms with van der Waals surface area (Å²) in [6, 6.07) is 2.00. The van der Waals surface area contributed by atoms with Crippen LogP contribution in [0.25, 0.3) is 0 Å². The quantitative estimate of drug-likeness (QED) is 0.924. The molecule has 2 aromatic heterocycles. The predicted octanol–water partition coefficient (Wildman–Crippen LogP) is 2.50. The molecule has 20 heavy (non-hydrogen) atoms. The molecule has 1 fully saturated rings. The maximum absolute atomic E-state index is 12.6. The van der Waals surface area contributed by atoms with Crippen molar-refractivity contribution in [3.05, 3.63) is 33.5 Å². The average Bonchev–Trinajstić information content (AvgIpc) is 3.08. The molecule has 1 atom stereocenters. The van der Waals surface area contributed by atoms with Crippen LogP contribution in [0, 0.1) is 13.8 Å². The number of hydrogen-bond acceptors (Lipinski definition) is 4. The predicted molar refractivity (Wildman–Crippen MR) is 78.1 cm³/mol. The number of piperidine rings is 1. The molecule has 1 amide bonds. The van der Waals surface area contributed by atoms with Crippen LogP contribution in [0.5, 0.6) is 0 Å². The summed E-state index contributed by atoms with van der Waals surface area (Å²) in [6.45, 7) is 5.45. The third-order valence-electron chi connectivity index (χ3n) is 3.77. The van der Waals surface area contributed by atoms with E-state index >= 15 is 0 Å². The number of hydrogen-bond donors (Lipinski definition) is 1. The van der Waals surface area contributed by atoms with E-state index in [2.05, 4.69) is 15.2 Å². The Morgan fingerprint density at radius 1 is 1.50 bits per heavy atom. The number of H-pyrrole nitrogens is 1. The largest absolute Gasteiger partial charge is 0.337 e. The molecule has 0 unspecified atom stereocenters. The van der Waals surface area contributed by atoms with Crippen molar-refractivity contribution in [2.75, 3.05) is 13.1 Å². The van der Waals surface area contributed by atoms with Gasteiger partial charge in [-0.2, -0.15) is 5.10 Å². The van der Waals surface area contributed by atoms with Crippen LogP contribution >= 0.6 is 11.3 Å². The number of nitrogens with one attached hydrogen (secondary N) is 1. The summed E-state index contributed by atoms with van der Waals surface area (Å²) in [5, 5.41) is 7.98. The van der Waals surface area contributed by atoms with Gasteiger partial charge in [-0.25, -0.2) is 4.98 Å². The van der Waals surface area contributed by atoms with Gasteiger partial charge in [0.25, 0.3) is 5.91 Å². The first kappa shape index (κ1) is 13.3. The van der Waals surface area contributed by atoms with Crippen LogP contribution in [-0.2, 0) is 0 Å². The molecule has 1 aliphatic rings. The monoisotopic (exact) mass is 290 g/mol. The van der Waals surface area contributed by atoms with E-state index < -0.39 is 0 Å². The molecule has 0 saturated carbocycles. The number of amides is 1. The lowest BCUT2D eigenvalue weighted by Gasteiger charge is -2.32. The molecule has 3 rings (SSSR count). The fourth-order valence-electron chi connectivity index (χ4n) is 2.78. The highest BCUT2D eigenvalue weighted by atomic mass is 32.1. The third-order valence-corrected chi connectivity index (χ3v) is 4.83. The highest BCUT2D eigenvalue weighted by Gasteiger charge is 2.28. The van der Waals surface area contributed by atoms with Crippen LogP contribution in [-0.4, -0.2) is 39.1 Å². The molecule has 1 N–H and O–H groups in total. The first-order chi connectivity index (χ1) is 9.65. The zero-order valence-electron chi connectivity index (χ0n) is 11.7. The smallest absolute Gasteiger partial charge is 0.265 e. The van der Waals surface area contributed by atoms with Crippen LogP contribution in [0.15, 0.2) is 12.3 Å². The SMILES string of the molecule is Cc1nc(C)c(C(=O)N2CCC[C@@H](c3ccn[nH]3)C2)s1. The lowest BCUT2D eigenvalue weighted by molar-refractivity contribution is 0.0710. The van der Waals surface area contributed by atoms with Crippen molar-refractivity contribution < 1.29 is 4.79 Å². The summed E-state index contributed by atoms with van der Waals surface area (Å²) >= 11 is 1.49. The fraction of sp³-hybridized carbons (Fsp3) is 0.500. The number of aromatic amines is 1. The van der Waals surface area contributed by atoms with Crippen LogP contribution in [0.1, 0.15) is 44.8 Å². The van der Waals surface area contributed by atoms with E-state index in [0.29, 0.717) is 5.92 Å². The minimum absolute atomic E-state index is 0.123. The lowest BCUT2D eigenvalue weighted by atomic mass is 9.95. The van der Waals surface area contributed by atoms with Crippen LogP contribution in [0.2, 0.25) is 0 Å². The van der Waals surface area contributed by atoms with Crippen molar-refractivity contribution in [2.24, 2.45) is 0 Å². The number of aryl methyl sites for hydroxylation is 2. The van der Waals surface area contributed by atoms with E-state index in [-0.39, 0.29) is 5.91 Å². The third kappa shape index (κ3) is 2.47. The molecule has 1 aliphatic heterocycles. The average molecular weight is 290 g/mol. The van der Waals surface area contributed by atoms with Gasteiger partial charge in [0.05, 0.1) is 10.7 Å². The standard InChI is InChI=1S/C14H18N4OS/c1-9-13(20-10(2)16-9)14(19)18-7-3-4-11(8-18)12-5-6-15-17-12/h5-6,11H,3-4,7-8H2,1-2H3,(H,15,17)/t11-/m1/s1. The molecule has 1 saturated heterocycles. The van der Waals surface area contributed by atoms with Gasteiger partial charge in [-0.3, -0.25) is 9.89 Å². The summed E-state index contributed by atoms with van der Waals surface area (Å²) in [4.78, 5) is 19.7. The Labute approximate surface area is 122 Å². The number of nitrogens with zero attached hydrogens (tertiary/aromatic N) is 3.